The van der Waals surface area contributed by atoms with Crippen LogP contribution >= 0.6 is 11.3 Å². The molecule has 1 aliphatic heterocycles. The topological polar surface area (TPSA) is 58.6 Å². The molecule has 33 heavy (non-hydrogen) atoms. The lowest BCUT2D eigenvalue weighted by Gasteiger charge is -2.32. The highest BCUT2D eigenvalue weighted by Crippen LogP contribution is 2.33. The number of hydrogen-bond acceptors (Lipinski definition) is 4. The summed E-state index contributed by atoms with van der Waals surface area (Å²) in [6, 6.07) is 12.7. The third kappa shape index (κ3) is 5.73. The van der Waals surface area contributed by atoms with Gasteiger partial charge in [0.15, 0.2) is 0 Å². The maximum atomic E-state index is 12.9. The zero-order chi connectivity index (χ0) is 23.4. The highest BCUT2D eigenvalue weighted by molar-refractivity contribution is 7.08. The molecule has 0 radical (unpaired) electrons. The molecule has 0 bridgehead atoms. The van der Waals surface area contributed by atoms with Gasteiger partial charge in [-0.25, -0.2) is 0 Å². The van der Waals surface area contributed by atoms with Crippen LogP contribution in [0.15, 0.2) is 65.4 Å². The van der Waals surface area contributed by atoms with E-state index in [2.05, 4.69) is 5.32 Å². The van der Waals surface area contributed by atoms with Gasteiger partial charge in [-0.15, -0.1) is 0 Å². The number of nitrogens with one attached hydrogen (secondary N) is 1. The van der Waals surface area contributed by atoms with E-state index in [9.17, 15) is 22.8 Å². The Morgan fingerprint density at radius 2 is 1.67 bits per heavy atom. The molecule has 0 spiro atoms. The number of carbonyl (C=O) groups is 2. The smallest absolute Gasteiger partial charge is 0.416 e. The molecule has 3 aromatic rings. The largest absolute Gasteiger partial charge is 0.457 e. The summed E-state index contributed by atoms with van der Waals surface area (Å²) in [6.07, 6.45) is -3.18. The minimum absolute atomic E-state index is 0.00275. The van der Waals surface area contributed by atoms with E-state index in [1.165, 1.54) is 29.5 Å². The molecule has 1 aliphatic rings. The van der Waals surface area contributed by atoms with Crippen LogP contribution in [0.5, 0.6) is 11.5 Å². The molecule has 1 aromatic heterocycles. The van der Waals surface area contributed by atoms with Crippen LogP contribution in [0.4, 0.5) is 13.2 Å². The van der Waals surface area contributed by atoms with Crippen molar-refractivity contribution >= 4 is 23.2 Å². The van der Waals surface area contributed by atoms with Crippen molar-refractivity contribution in [1.29, 1.82) is 0 Å². The van der Waals surface area contributed by atoms with Crippen LogP contribution in [-0.4, -0.2) is 35.8 Å². The summed E-state index contributed by atoms with van der Waals surface area (Å²) < 4.78 is 44.3. The summed E-state index contributed by atoms with van der Waals surface area (Å²) in [5, 5.41) is 6.64. The van der Waals surface area contributed by atoms with Crippen LogP contribution in [0.1, 0.15) is 39.1 Å². The van der Waals surface area contributed by atoms with Crippen molar-refractivity contribution in [2.75, 3.05) is 13.1 Å². The highest BCUT2D eigenvalue weighted by Gasteiger charge is 2.30. The molecular weight excluding hydrogens is 453 g/mol. The van der Waals surface area contributed by atoms with Gasteiger partial charge in [-0.05, 0) is 60.7 Å². The Bertz CT molecular complexity index is 1120. The molecule has 1 fully saturated rings. The molecule has 5 nitrogen and oxygen atoms in total. The number of likely N-dealkylation sites (tertiary alicyclic amines) is 1. The van der Waals surface area contributed by atoms with Gasteiger partial charge in [0.2, 0.25) is 0 Å². The van der Waals surface area contributed by atoms with Crippen LogP contribution in [0.3, 0.4) is 0 Å². The second-order valence-electron chi connectivity index (χ2n) is 7.71. The number of halogens is 3. The summed E-state index contributed by atoms with van der Waals surface area (Å²) in [5.41, 5.74) is 0.220. The number of piperidine rings is 1. The maximum Gasteiger partial charge on any atom is 0.416 e. The first-order valence-electron chi connectivity index (χ1n) is 10.4. The molecule has 1 N–H and O–H groups in total. The summed E-state index contributed by atoms with van der Waals surface area (Å²) in [7, 11) is 0. The molecule has 0 unspecified atom stereocenters. The van der Waals surface area contributed by atoms with E-state index < -0.39 is 11.7 Å². The van der Waals surface area contributed by atoms with E-state index in [-0.39, 0.29) is 29.4 Å². The molecule has 2 heterocycles. The zero-order valence-electron chi connectivity index (χ0n) is 17.5. The third-order valence-corrected chi connectivity index (χ3v) is 6.06. The van der Waals surface area contributed by atoms with Crippen molar-refractivity contribution in [2.45, 2.75) is 25.1 Å². The molecule has 0 atom stereocenters. The van der Waals surface area contributed by atoms with Gasteiger partial charge in [0.25, 0.3) is 11.8 Å². The van der Waals surface area contributed by atoms with Crippen LogP contribution in [0.2, 0.25) is 0 Å². The first-order chi connectivity index (χ1) is 15.8. The molecular formula is C24H21F3N2O3S. The van der Waals surface area contributed by atoms with Gasteiger partial charge in [-0.3, -0.25) is 9.59 Å². The second kappa shape index (κ2) is 9.66. The molecule has 9 heteroatoms. The van der Waals surface area contributed by atoms with Gasteiger partial charge >= 0.3 is 6.18 Å². The molecule has 0 saturated carbocycles. The minimum Gasteiger partial charge on any atom is -0.457 e. The van der Waals surface area contributed by atoms with E-state index in [0.29, 0.717) is 37.1 Å². The number of alkyl halides is 3. The summed E-state index contributed by atoms with van der Waals surface area (Å²) in [6.45, 7) is 0.984. The molecule has 4 rings (SSSR count). The maximum absolute atomic E-state index is 12.9. The van der Waals surface area contributed by atoms with Crippen molar-refractivity contribution in [3.8, 4) is 11.5 Å². The van der Waals surface area contributed by atoms with Gasteiger partial charge in [0.05, 0.1) is 5.56 Å². The Labute approximate surface area is 192 Å². The average molecular weight is 475 g/mol. The van der Waals surface area contributed by atoms with Gasteiger partial charge in [-0.1, -0.05) is 12.1 Å². The van der Waals surface area contributed by atoms with E-state index >= 15 is 0 Å². The quantitative estimate of drug-likeness (QED) is 0.524. The van der Waals surface area contributed by atoms with Crippen molar-refractivity contribution in [3.63, 3.8) is 0 Å². The number of benzene rings is 2. The Morgan fingerprint density at radius 1 is 0.970 bits per heavy atom. The first-order valence-corrected chi connectivity index (χ1v) is 11.3. The molecule has 2 amide bonds. The van der Waals surface area contributed by atoms with E-state index in [0.717, 1.165) is 12.1 Å². The number of amides is 2. The van der Waals surface area contributed by atoms with Gasteiger partial charge < -0.3 is 15.0 Å². The van der Waals surface area contributed by atoms with Crippen LogP contribution < -0.4 is 10.1 Å². The fraction of sp³-hybridized carbons (Fsp3) is 0.250. The normalized spacial score (nSPS) is 14.7. The highest BCUT2D eigenvalue weighted by atomic mass is 32.1. The lowest BCUT2D eigenvalue weighted by Crippen LogP contribution is -2.46. The van der Waals surface area contributed by atoms with E-state index in [1.807, 2.05) is 5.38 Å². The fourth-order valence-corrected chi connectivity index (χ4v) is 4.27. The number of carbonyl (C=O) groups excluding carboxylic acids is 2. The second-order valence-corrected chi connectivity index (χ2v) is 8.49. The molecule has 0 aliphatic carbocycles. The molecule has 2 aromatic carbocycles. The Morgan fingerprint density at radius 3 is 2.33 bits per heavy atom. The number of nitrogens with zero attached hydrogens (tertiary/aromatic N) is 1. The van der Waals surface area contributed by atoms with Gasteiger partial charge in [-0.2, -0.15) is 24.5 Å². The van der Waals surface area contributed by atoms with Crippen molar-refractivity contribution in [1.82, 2.24) is 10.2 Å². The summed E-state index contributed by atoms with van der Waals surface area (Å²) >= 11 is 1.46. The Hall–Kier alpha value is -3.33. The van der Waals surface area contributed by atoms with Gasteiger partial charge in [0, 0.05) is 35.6 Å². The predicted octanol–water partition coefficient (Wildman–Crippen LogP) is 5.59. The molecule has 1 saturated heterocycles. The lowest BCUT2D eigenvalue weighted by molar-refractivity contribution is -0.137. The van der Waals surface area contributed by atoms with Crippen LogP contribution in [0, 0.1) is 0 Å². The van der Waals surface area contributed by atoms with E-state index in [4.69, 9.17) is 4.74 Å². The number of hydrogen-bond donors (Lipinski definition) is 1. The summed E-state index contributed by atoms with van der Waals surface area (Å²) in [5.74, 6) is 0.0160. The SMILES string of the molecule is O=C(NC1CCN(C(=O)c2cccc(Oc3cccc(C(F)(F)F)c3)c2)CC1)c1ccsc1. The first kappa shape index (κ1) is 22.8. The number of rotatable bonds is 5. The standard InChI is InChI=1S/C24H21F3N2O3S/c25-24(26,27)18-4-2-6-21(14-18)32-20-5-1-3-16(13-20)23(31)29-10-7-19(8-11-29)28-22(30)17-9-12-33-15-17/h1-6,9,12-15,19H,7-8,10-11H2,(H,28,30). The van der Waals surface area contributed by atoms with Crippen molar-refractivity contribution in [2.24, 2.45) is 0 Å². The monoisotopic (exact) mass is 474 g/mol. The van der Waals surface area contributed by atoms with E-state index in [1.54, 1.807) is 34.5 Å². The van der Waals surface area contributed by atoms with Crippen LogP contribution in [-0.2, 0) is 6.18 Å². The predicted molar refractivity (Wildman–Crippen MR) is 119 cm³/mol. The number of thiophene rings is 1. The minimum atomic E-state index is -4.47. The van der Waals surface area contributed by atoms with Gasteiger partial charge in [0.1, 0.15) is 11.5 Å². The Kier molecular flexibility index (Phi) is 6.69. The third-order valence-electron chi connectivity index (χ3n) is 5.38. The average Bonchev–Trinajstić information content (AvgIpc) is 3.34. The van der Waals surface area contributed by atoms with Crippen molar-refractivity contribution in [3.05, 3.63) is 82.0 Å². The summed E-state index contributed by atoms with van der Waals surface area (Å²) in [4.78, 5) is 26.9. The zero-order valence-corrected chi connectivity index (χ0v) is 18.3. The van der Waals surface area contributed by atoms with Crippen molar-refractivity contribution < 1.29 is 27.5 Å². The Balaban J connectivity index is 1.36. The van der Waals surface area contributed by atoms with Crippen LogP contribution in [0.25, 0.3) is 0 Å². The fourth-order valence-electron chi connectivity index (χ4n) is 3.64. The molecule has 172 valence electrons. The lowest BCUT2D eigenvalue weighted by atomic mass is 10.0. The number of ether oxygens (including phenoxy) is 1.